The van der Waals surface area contributed by atoms with Gasteiger partial charge in [0.25, 0.3) is 0 Å². The first-order valence-electron chi connectivity index (χ1n) is 11.2. The number of imide groups is 1. The van der Waals surface area contributed by atoms with E-state index in [1.165, 1.54) is 10.5 Å². The summed E-state index contributed by atoms with van der Waals surface area (Å²) in [6.07, 6.45) is 2.60. The molecule has 0 unspecified atom stereocenters. The highest BCUT2D eigenvalue weighted by atomic mass is 16.2. The quantitative estimate of drug-likeness (QED) is 0.727. The molecule has 7 nitrogen and oxygen atoms in total. The number of nitrogens with zero attached hydrogens (tertiary/aromatic N) is 3. The summed E-state index contributed by atoms with van der Waals surface area (Å²) < 4.78 is 0. The lowest BCUT2D eigenvalue weighted by Gasteiger charge is -2.38. The summed E-state index contributed by atoms with van der Waals surface area (Å²) in [7, 11) is 2.09. The number of urea groups is 1. The number of carbonyl (C=O) groups is 3. The Hall–Kier alpha value is -3.35. The number of piperidine rings is 1. The van der Waals surface area contributed by atoms with Crippen LogP contribution in [0.5, 0.6) is 0 Å². The Kier molecular flexibility index (Phi) is 6.44. The number of carbonyl (C=O) groups excluding carboxylic acids is 3. The molecule has 1 atom stereocenters. The van der Waals surface area contributed by atoms with Crippen molar-refractivity contribution in [3.63, 3.8) is 0 Å². The number of rotatable bonds is 5. The molecule has 0 bridgehead atoms. The van der Waals surface area contributed by atoms with Gasteiger partial charge in [-0.05, 0) is 49.6 Å². The fourth-order valence-corrected chi connectivity index (χ4v) is 4.32. The average molecular weight is 435 g/mol. The van der Waals surface area contributed by atoms with Crippen molar-refractivity contribution in [2.75, 3.05) is 30.4 Å². The summed E-state index contributed by atoms with van der Waals surface area (Å²) in [5, 5.41) is 2.98. The van der Waals surface area contributed by atoms with E-state index >= 15 is 0 Å². The van der Waals surface area contributed by atoms with Crippen molar-refractivity contribution >= 4 is 29.2 Å². The summed E-state index contributed by atoms with van der Waals surface area (Å²) >= 11 is 0. The van der Waals surface area contributed by atoms with Gasteiger partial charge in [-0.3, -0.25) is 14.5 Å². The van der Waals surface area contributed by atoms with E-state index in [0.717, 1.165) is 30.6 Å². The maximum Gasteiger partial charge on any atom is 0.321 e. The Morgan fingerprint density at radius 1 is 1.03 bits per heavy atom. The fraction of sp³-hybridized carbons (Fsp3) is 0.400. The largest absolute Gasteiger partial charge is 0.370 e. The molecule has 2 aliphatic rings. The Labute approximate surface area is 189 Å². The predicted octanol–water partition coefficient (Wildman–Crippen LogP) is 3.78. The smallest absolute Gasteiger partial charge is 0.321 e. The molecule has 0 saturated carbocycles. The fourth-order valence-electron chi connectivity index (χ4n) is 4.32. The average Bonchev–Trinajstić information content (AvgIpc) is 3.12. The van der Waals surface area contributed by atoms with Crippen LogP contribution >= 0.6 is 0 Å². The Balaban J connectivity index is 1.33. The number of aryl methyl sites for hydroxylation is 1. The van der Waals surface area contributed by atoms with Gasteiger partial charge in [-0.25, -0.2) is 4.79 Å². The van der Waals surface area contributed by atoms with Gasteiger partial charge in [0.2, 0.25) is 11.8 Å². The van der Waals surface area contributed by atoms with Crippen molar-refractivity contribution in [3.05, 3.63) is 59.7 Å². The van der Waals surface area contributed by atoms with Gasteiger partial charge in [-0.15, -0.1) is 0 Å². The van der Waals surface area contributed by atoms with Gasteiger partial charge in [-0.1, -0.05) is 29.8 Å². The molecule has 0 radical (unpaired) electrons. The minimum absolute atomic E-state index is 0.107. The molecule has 32 heavy (non-hydrogen) atoms. The molecule has 2 heterocycles. The Morgan fingerprint density at radius 3 is 2.34 bits per heavy atom. The number of hydrogen-bond donors (Lipinski definition) is 1. The van der Waals surface area contributed by atoms with Gasteiger partial charge in [0.05, 0.1) is 6.54 Å². The second-order valence-corrected chi connectivity index (χ2v) is 8.69. The Bertz CT molecular complexity index is 971. The van der Waals surface area contributed by atoms with Crippen LogP contribution in [0.15, 0.2) is 48.5 Å². The minimum Gasteiger partial charge on any atom is -0.370 e. The molecular weight excluding hydrogens is 404 g/mol. The molecule has 4 rings (SSSR count). The van der Waals surface area contributed by atoms with Crippen molar-refractivity contribution in [1.82, 2.24) is 9.80 Å². The number of benzene rings is 2. The van der Waals surface area contributed by atoms with Gasteiger partial charge in [0, 0.05) is 50.4 Å². The van der Waals surface area contributed by atoms with Crippen LogP contribution < -0.4 is 10.2 Å². The van der Waals surface area contributed by atoms with E-state index in [-0.39, 0.29) is 30.4 Å². The highest BCUT2D eigenvalue weighted by Gasteiger charge is 2.29. The third kappa shape index (κ3) is 4.93. The van der Waals surface area contributed by atoms with Gasteiger partial charge in [0.1, 0.15) is 0 Å². The van der Waals surface area contributed by atoms with Crippen LogP contribution in [0.2, 0.25) is 0 Å². The summed E-state index contributed by atoms with van der Waals surface area (Å²) in [4.78, 5) is 41.9. The van der Waals surface area contributed by atoms with Gasteiger partial charge >= 0.3 is 6.03 Å². The first-order chi connectivity index (χ1) is 15.4. The number of likely N-dealkylation sites (N-methyl/N-ethyl adjacent to an activating group) is 1. The van der Waals surface area contributed by atoms with E-state index in [9.17, 15) is 14.4 Å². The molecule has 2 aromatic rings. The summed E-state index contributed by atoms with van der Waals surface area (Å²) in [6, 6.07) is 16.0. The Morgan fingerprint density at radius 2 is 1.69 bits per heavy atom. The number of nitrogens with one attached hydrogen (secondary N) is 1. The number of likely N-dealkylation sites (tertiary alicyclic amines) is 2. The van der Waals surface area contributed by atoms with E-state index < -0.39 is 0 Å². The maximum atomic E-state index is 12.9. The minimum atomic E-state index is -0.123. The second-order valence-electron chi connectivity index (χ2n) is 8.69. The molecule has 7 heteroatoms. The highest BCUT2D eigenvalue weighted by molar-refractivity contribution is 6.01. The third-order valence-electron chi connectivity index (χ3n) is 6.37. The van der Waals surface area contributed by atoms with E-state index in [0.29, 0.717) is 25.1 Å². The maximum absolute atomic E-state index is 12.9. The zero-order chi connectivity index (χ0) is 22.7. The van der Waals surface area contributed by atoms with Gasteiger partial charge in [0.15, 0.2) is 0 Å². The molecule has 168 valence electrons. The van der Waals surface area contributed by atoms with Crippen LogP contribution in [-0.4, -0.2) is 53.8 Å². The number of amides is 4. The normalized spacial score (nSPS) is 18.8. The van der Waals surface area contributed by atoms with Crippen molar-refractivity contribution in [2.45, 2.75) is 45.2 Å². The van der Waals surface area contributed by atoms with Crippen molar-refractivity contribution in [1.29, 1.82) is 0 Å². The van der Waals surface area contributed by atoms with Gasteiger partial charge in [-0.2, -0.15) is 0 Å². The highest BCUT2D eigenvalue weighted by Crippen LogP contribution is 2.23. The molecule has 0 spiro atoms. The van der Waals surface area contributed by atoms with E-state index in [2.05, 4.69) is 48.5 Å². The lowest BCUT2D eigenvalue weighted by atomic mass is 10.0. The molecule has 0 aliphatic carbocycles. The molecule has 2 fully saturated rings. The zero-order valence-electron chi connectivity index (χ0n) is 18.7. The van der Waals surface area contributed by atoms with Crippen LogP contribution in [0.3, 0.4) is 0 Å². The molecule has 2 aliphatic heterocycles. The number of anilines is 2. The topological polar surface area (TPSA) is 73.0 Å². The van der Waals surface area contributed by atoms with E-state index in [4.69, 9.17) is 0 Å². The molecule has 4 amide bonds. The first-order valence-corrected chi connectivity index (χ1v) is 11.2. The molecular formula is C25H30N4O3. The summed E-state index contributed by atoms with van der Waals surface area (Å²) in [5.41, 5.74) is 3.96. The molecule has 2 saturated heterocycles. The van der Waals surface area contributed by atoms with Crippen molar-refractivity contribution in [2.24, 2.45) is 0 Å². The van der Waals surface area contributed by atoms with Crippen LogP contribution in [0.4, 0.5) is 16.2 Å². The van der Waals surface area contributed by atoms with E-state index in [1.807, 2.05) is 29.2 Å². The molecule has 2 aromatic carbocycles. The molecule has 1 N–H and O–H groups in total. The lowest BCUT2D eigenvalue weighted by molar-refractivity contribution is -0.139. The van der Waals surface area contributed by atoms with Crippen molar-refractivity contribution < 1.29 is 14.4 Å². The summed E-state index contributed by atoms with van der Waals surface area (Å²) in [6.45, 7) is 3.77. The zero-order valence-corrected chi connectivity index (χ0v) is 18.7. The molecule has 0 aromatic heterocycles. The predicted molar refractivity (Wildman–Crippen MR) is 124 cm³/mol. The van der Waals surface area contributed by atoms with Gasteiger partial charge < -0.3 is 15.1 Å². The monoisotopic (exact) mass is 434 g/mol. The van der Waals surface area contributed by atoms with Crippen LogP contribution in [0.1, 0.15) is 36.8 Å². The van der Waals surface area contributed by atoms with E-state index in [1.54, 1.807) is 0 Å². The second kappa shape index (κ2) is 9.42. The van der Waals surface area contributed by atoms with Crippen molar-refractivity contribution in [3.8, 4) is 0 Å². The lowest BCUT2D eigenvalue weighted by Crippen LogP contribution is -2.50. The summed E-state index contributed by atoms with van der Waals surface area (Å²) in [5.74, 6) is -0.245. The van der Waals surface area contributed by atoms with Crippen LogP contribution in [-0.2, 0) is 16.1 Å². The van der Waals surface area contributed by atoms with Crippen LogP contribution in [0, 0.1) is 6.92 Å². The first kappa shape index (κ1) is 21.9. The standard InChI is InChI=1S/C25H30N4O3/c1-18-5-11-21(12-6-18)27(2)22-4-3-15-28(17-22)25(32)26-20-9-7-19(8-10-20)16-29-23(30)13-14-24(29)31/h5-12,22H,3-4,13-17H2,1-2H3,(H,26,32)/t22-/m0/s1. The number of hydrogen-bond acceptors (Lipinski definition) is 4. The SMILES string of the molecule is Cc1ccc(N(C)[C@H]2CCCN(C(=O)Nc3ccc(CN4C(=O)CCC4=O)cc3)C2)cc1. The van der Waals surface area contributed by atoms with Crippen LogP contribution in [0.25, 0.3) is 0 Å². The third-order valence-corrected chi connectivity index (χ3v) is 6.37.